The highest BCUT2D eigenvalue weighted by molar-refractivity contribution is 6.42. The number of aliphatic hydroxyl groups is 1. The van der Waals surface area contributed by atoms with Crippen molar-refractivity contribution >= 4 is 29.0 Å². The number of aliphatic hydroxyl groups excluding tert-OH is 1. The molecule has 3 rings (SSSR count). The number of anilines is 1. The van der Waals surface area contributed by atoms with E-state index in [9.17, 15) is 9.90 Å². The number of aromatic nitrogens is 3. The first-order chi connectivity index (χ1) is 14.0. The fourth-order valence-electron chi connectivity index (χ4n) is 2.53. The standard InChI is InChI=1S/C20H20Cl2N4O3/c1-2-13-8-18(28)26-20(25-13)12-6-7-17(23-9-12)24-10-14(27)11-29-16-5-3-4-15(21)19(16)22/h3-9,14,27H,2,10-11H2,1H3,(H,23,24)(H,25,26,28). The van der Waals surface area contributed by atoms with Crippen molar-refractivity contribution in [3.05, 3.63) is 68.7 Å². The molecule has 2 heterocycles. The molecule has 0 aliphatic rings. The Labute approximate surface area is 177 Å². The van der Waals surface area contributed by atoms with Crippen LogP contribution in [0.2, 0.25) is 10.0 Å². The van der Waals surface area contributed by atoms with Crippen LogP contribution < -0.4 is 15.6 Å². The van der Waals surface area contributed by atoms with Gasteiger partial charge >= 0.3 is 0 Å². The van der Waals surface area contributed by atoms with Gasteiger partial charge in [0.15, 0.2) is 0 Å². The van der Waals surface area contributed by atoms with Gasteiger partial charge in [-0.3, -0.25) is 4.79 Å². The largest absolute Gasteiger partial charge is 0.489 e. The lowest BCUT2D eigenvalue weighted by Crippen LogP contribution is -2.26. The molecule has 29 heavy (non-hydrogen) atoms. The Kier molecular flexibility index (Phi) is 7.09. The van der Waals surface area contributed by atoms with Gasteiger partial charge in [-0.1, -0.05) is 36.2 Å². The smallest absolute Gasteiger partial charge is 0.251 e. The molecule has 0 fully saturated rings. The van der Waals surface area contributed by atoms with E-state index in [0.717, 1.165) is 0 Å². The van der Waals surface area contributed by atoms with E-state index in [2.05, 4.69) is 20.3 Å². The van der Waals surface area contributed by atoms with Crippen molar-refractivity contribution in [1.82, 2.24) is 15.0 Å². The predicted octanol–water partition coefficient (Wildman–Crippen LogP) is 3.55. The molecule has 7 nitrogen and oxygen atoms in total. The molecule has 0 bridgehead atoms. The van der Waals surface area contributed by atoms with Gasteiger partial charge in [0.05, 0.1) is 5.02 Å². The third-order valence-electron chi connectivity index (χ3n) is 4.06. The number of hydrogen-bond acceptors (Lipinski definition) is 6. The van der Waals surface area contributed by atoms with Crippen LogP contribution in [-0.4, -0.2) is 39.3 Å². The zero-order valence-corrected chi connectivity index (χ0v) is 17.2. The van der Waals surface area contributed by atoms with Gasteiger partial charge in [-0.15, -0.1) is 0 Å². The molecule has 0 saturated carbocycles. The summed E-state index contributed by atoms with van der Waals surface area (Å²) in [6, 6.07) is 10.1. The molecule has 9 heteroatoms. The molecule has 0 aliphatic heterocycles. The van der Waals surface area contributed by atoms with Crippen molar-refractivity contribution in [2.45, 2.75) is 19.4 Å². The van der Waals surface area contributed by atoms with Crippen molar-refractivity contribution in [1.29, 1.82) is 0 Å². The minimum absolute atomic E-state index is 0.0418. The molecule has 0 radical (unpaired) electrons. The van der Waals surface area contributed by atoms with E-state index in [1.165, 1.54) is 6.07 Å². The number of pyridine rings is 1. The van der Waals surface area contributed by atoms with Gasteiger partial charge in [-0.05, 0) is 30.7 Å². The molecule has 152 valence electrons. The topological polar surface area (TPSA) is 100 Å². The van der Waals surface area contributed by atoms with Gasteiger partial charge in [-0.2, -0.15) is 0 Å². The predicted molar refractivity (Wildman–Crippen MR) is 114 cm³/mol. The molecular formula is C20H20Cl2N4O3. The van der Waals surface area contributed by atoms with Gasteiger partial charge in [-0.25, -0.2) is 9.97 Å². The van der Waals surface area contributed by atoms with Crippen LogP contribution in [0.25, 0.3) is 11.4 Å². The van der Waals surface area contributed by atoms with E-state index in [1.54, 1.807) is 36.5 Å². The van der Waals surface area contributed by atoms with E-state index >= 15 is 0 Å². The van der Waals surface area contributed by atoms with Crippen LogP contribution >= 0.6 is 23.2 Å². The fourth-order valence-corrected chi connectivity index (χ4v) is 2.87. The molecule has 2 aromatic heterocycles. The summed E-state index contributed by atoms with van der Waals surface area (Å²) in [5, 5.41) is 13.8. The maximum Gasteiger partial charge on any atom is 0.251 e. The summed E-state index contributed by atoms with van der Waals surface area (Å²) in [6.07, 6.45) is 1.49. The molecule has 3 N–H and O–H groups in total. The molecule has 1 aromatic carbocycles. The summed E-state index contributed by atoms with van der Waals surface area (Å²) in [4.78, 5) is 23.1. The maximum absolute atomic E-state index is 11.7. The zero-order chi connectivity index (χ0) is 20.8. The number of aromatic amines is 1. The van der Waals surface area contributed by atoms with Crippen molar-refractivity contribution in [3.8, 4) is 17.1 Å². The van der Waals surface area contributed by atoms with Crippen LogP contribution in [0.15, 0.2) is 47.4 Å². The van der Waals surface area contributed by atoms with E-state index in [0.29, 0.717) is 45.1 Å². The van der Waals surface area contributed by atoms with Crippen LogP contribution in [0.1, 0.15) is 12.6 Å². The monoisotopic (exact) mass is 434 g/mol. The van der Waals surface area contributed by atoms with Crippen LogP contribution in [0, 0.1) is 0 Å². The Morgan fingerprint density at radius 3 is 2.83 bits per heavy atom. The molecule has 1 atom stereocenters. The average Bonchev–Trinajstić information content (AvgIpc) is 2.73. The highest BCUT2D eigenvalue weighted by Crippen LogP contribution is 2.31. The van der Waals surface area contributed by atoms with E-state index in [1.807, 2.05) is 6.92 Å². The number of nitrogens with zero attached hydrogens (tertiary/aromatic N) is 2. The Balaban J connectivity index is 1.55. The lowest BCUT2D eigenvalue weighted by molar-refractivity contribution is 0.117. The molecule has 0 aliphatic carbocycles. The number of H-pyrrole nitrogens is 1. The highest BCUT2D eigenvalue weighted by atomic mass is 35.5. The van der Waals surface area contributed by atoms with E-state index in [4.69, 9.17) is 27.9 Å². The average molecular weight is 435 g/mol. The van der Waals surface area contributed by atoms with Gasteiger partial charge in [0, 0.05) is 30.1 Å². The second-order valence-corrected chi connectivity index (χ2v) is 7.05. The number of halogens is 2. The highest BCUT2D eigenvalue weighted by Gasteiger charge is 2.10. The van der Waals surface area contributed by atoms with Crippen molar-refractivity contribution < 1.29 is 9.84 Å². The Hall–Kier alpha value is -2.61. The summed E-state index contributed by atoms with van der Waals surface area (Å²) < 4.78 is 5.51. The summed E-state index contributed by atoms with van der Waals surface area (Å²) in [6.45, 7) is 2.21. The number of benzene rings is 1. The molecule has 0 spiro atoms. The minimum Gasteiger partial charge on any atom is -0.489 e. The summed E-state index contributed by atoms with van der Waals surface area (Å²) in [5.41, 5.74) is 1.22. The molecule has 1 unspecified atom stereocenters. The number of rotatable bonds is 8. The van der Waals surface area contributed by atoms with E-state index in [-0.39, 0.29) is 18.7 Å². The first-order valence-corrected chi connectivity index (χ1v) is 9.77. The first kappa shape index (κ1) is 21.1. The quantitative estimate of drug-likeness (QED) is 0.501. The Morgan fingerprint density at radius 2 is 2.10 bits per heavy atom. The van der Waals surface area contributed by atoms with Gasteiger partial charge in [0.25, 0.3) is 5.56 Å². The molecule has 0 amide bonds. The third-order valence-corrected chi connectivity index (χ3v) is 4.86. The zero-order valence-electron chi connectivity index (χ0n) is 15.7. The first-order valence-electron chi connectivity index (χ1n) is 9.01. The maximum atomic E-state index is 11.7. The summed E-state index contributed by atoms with van der Waals surface area (Å²) in [7, 11) is 0. The normalized spacial score (nSPS) is 11.9. The second-order valence-electron chi connectivity index (χ2n) is 6.27. The van der Waals surface area contributed by atoms with Crippen LogP contribution in [-0.2, 0) is 6.42 Å². The van der Waals surface area contributed by atoms with Gasteiger partial charge in [0.2, 0.25) is 0 Å². The van der Waals surface area contributed by atoms with Gasteiger partial charge in [0.1, 0.15) is 35.1 Å². The van der Waals surface area contributed by atoms with Crippen molar-refractivity contribution in [3.63, 3.8) is 0 Å². The lowest BCUT2D eigenvalue weighted by atomic mass is 10.2. The third kappa shape index (κ3) is 5.69. The van der Waals surface area contributed by atoms with Crippen molar-refractivity contribution in [2.24, 2.45) is 0 Å². The number of hydrogen-bond donors (Lipinski definition) is 3. The molecular weight excluding hydrogens is 415 g/mol. The van der Waals surface area contributed by atoms with Crippen LogP contribution in [0.3, 0.4) is 0 Å². The SMILES string of the molecule is CCc1cc(=O)[nH]c(-c2ccc(NCC(O)COc3cccc(Cl)c3Cl)nc2)n1. The summed E-state index contributed by atoms with van der Waals surface area (Å²) in [5.74, 6) is 1.46. The lowest BCUT2D eigenvalue weighted by Gasteiger charge is -2.14. The molecule has 3 aromatic rings. The number of aryl methyl sites for hydroxylation is 1. The van der Waals surface area contributed by atoms with E-state index < -0.39 is 6.10 Å². The fraction of sp³-hybridized carbons (Fsp3) is 0.250. The van der Waals surface area contributed by atoms with Crippen molar-refractivity contribution in [2.75, 3.05) is 18.5 Å². The summed E-state index contributed by atoms with van der Waals surface area (Å²) >= 11 is 12.0. The number of nitrogens with one attached hydrogen (secondary N) is 2. The Bertz CT molecular complexity index is 1020. The van der Waals surface area contributed by atoms with Crippen LogP contribution in [0.5, 0.6) is 5.75 Å². The number of ether oxygens (including phenoxy) is 1. The van der Waals surface area contributed by atoms with Gasteiger partial charge < -0.3 is 20.1 Å². The minimum atomic E-state index is -0.786. The Morgan fingerprint density at radius 1 is 1.28 bits per heavy atom. The second kappa shape index (κ2) is 9.73. The molecule has 0 saturated heterocycles. The van der Waals surface area contributed by atoms with Crippen LogP contribution in [0.4, 0.5) is 5.82 Å².